The van der Waals surface area contributed by atoms with Gasteiger partial charge in [-0.1, -0.05) is 30.4 Å². The minimum atomic E-state index is -0.900. The van der Waals surface area contributed by atoms with Crippen molar-refractivity contribution in [2.75, 3.05) is 38.7 Å². The quantitative estimate of drug-likeness (QED) is 0.431. The van der Waals surface area contributed by atoms with E-state index in [1.165, 1.54) is 6.07 Å². The number of urea groups is 1. The van der Waals surface area contributed by atoms with Crippen molar-refractivity contribution in [1.82, 2.24) is 29.8 Å². The number of likely N-dealkylation sites (tertiary alicyclic amines) is 1. The maximum absolute atomic E-state index is 14.1. The standard InChI is InChI=1S/C29H35F2N7O2/c1-18-27(22-15-32-36(3)19(22)2)35-38(21-8-6-5-7-9-21)28(18)34-29(39)33-26-17-37(12-13-40-4)16-23(26)20-10-11-24(30)25(31)14-20/h5-8,10-11,14-15,21,23,26H,9,12-13,16-17H2,1-4H3,(H2,33,34,39)/t21?,23-,26+/m0/s1. The van der Waals surface area contributed by atoms with Crippen molar-refractivity contribution in [3.63, 3.8) is 0 Å². The molecule has 5 rings (SSSR count). The molecule has 2 amide bonds. The summed E-state index contributed by atoms with van der Waals surface area (Å²) >= 11 is 0. The number of rotatable bonds is 8. The Labute approximate surface area is 232 Å². The summed E-state index contributed by atoms with van der Waals surface area (Å²) in [6.07, 6.45) is 10.6. The minimum absolute atomic E-state index is 0.0596. The molecule has 2 aromatic heterocycles. The number of aromatic nitrogens is 4. The first-order valence-electron chi connectivity index (χ1n) is 13.4. The Morgan fingerprint density at radius 1 is 1.18 bits per heavy atom. The molecule has 0 saturated carbocycles. The summed E-state index contributed by atoms with van der Waals surface area (Å²) in [6.45, 7) is 6.25. The number of carbonyl (C=O) groups excluding carboxylic acids is 1. The topological polar surface area (TPSA) is 89.2 Å². The summed E-state index contributed by atoms with van der Waals surface area (Å²) in [5.41, 5.74) is 4.10. The molecule has 2 aliphatic rings. The smallest absolute Gasteiger partial charge is 0.320 e. The van der Waals surface area contributed by atoms with Crippen LogP contribution in [-0.4, -0.2) is 69.9 Å². The third kappa shape index (κ3) is 5.57. The van der Waals surface area contributed by atoms with Crippen molar-refractivity contribution < 1.29 is 18.3 Å². The lowest BCUT2D eigenvalue weighted by Gasteiger charge is -2.22. The monoisotopic (exact) mass is 551 g/mol. The molecule has 1 aromatic carbocycles. The second kappa shape index (κ2) is 11.7. The molecule has 3 atom stereocenters. The van der Waals surface area contributed by atoms with Gasteiger partial charge in [0, 0.05) is 56.5 Å². The normalized spacial score (nSPS) is 20.8. The van der Waals surface area contributed by atoms with Gasteiger partial charge in [-0.25, -0.2) is 18.3 Å². The Morgan fingerprint density at radius 2 is 2.00 bits per heavy atom. The predicted octanol–water partition coefficient (Wildman–Crippen LogP) is 4.47. The van der Waals surface area contributed by atoms with Gasteiger partial charge in [0.05, 0.1) is 24.9 Å². The Balaban J connectivity index is 1.41. The van der Waals surface area contributed by atoms with Gasteiger partial charge in [-0.2, -0.15) is 10.2 Å². The highest BCUT2D eigenvalue weighted by Gasteiger charge is 2.35. The van der Waals surface area contributed by atoms with Gasteiger partial charge in [-0.05, 0) is 38.0 Å². The third-order valence-corrected chi connectivity index (χ3v) is 7.84. The van der Waals surface area contributed by atoms with E-state index in [-0.39, 0.29) is 24.0 Å². The second-order valence-electron chi connectivity index (χ2n) is 10.4. The molecule has 1 unspecified atom stereocenters. The van der Waals surface area contributed by atoms with Crippen LogP contribution in [0.4, 0.5) is 19.4 Å². The van der Waals surface area contributed by atoms with Crippen molar-refractivity contribution in [3.05, 3.63) is 77.2 Å². The van der Waals surface area contributed by atoms with Crippen LogP contribution in [0.2, 0.25) is 0 Å². The number of anilines is 1. The number of halogens is 2. The van der Waals surface area contributed by atoms with Crippen LogP contribution >= 0.6 is 0 Å². The average molecular weight is 552 g/mol. The second-order valence-corrected chi connectivity index (χ2v) is 10.4. The van der Waals surface area contributed by atoms with E-state index in [0.717, 1.165) is 35.0 Å². The Morgan fingerprint density at radius 3 is 2.67 bits per heavy atom. The van der Waals surface area contributed by atoms with Crippen LogP contribution in [0, 0.1) is 25.5 Å². The van der Waals surface area contributed by atoms with Crippen LogP contribution in [0.3, 0.4) is 0 Å². The van der Waals surface area contributed by atoms with E-state index in [4.69, 9.17) is 9.84 Å². The first-order chi connectivity index (χ1) is 19.3. The van der Waals surface area contributed by atoms with Gasteiger partial charge in [-0.15, -0.1) is 0 Å². The fourth-order valence-corrected chi connectivity index (χ4v) is 5.47. The van der Waals surface area contributed by atoms with Crippen molar-refractivity contribution >= 4 is 11.8 Å². The highest BCUT2D eigenvalue weighted by Crippen LogP contribution is 2.34. The van der Waals surface area contributed by atoms with Crippen LogP contribution in [0.1, 0.15) is 35.2 Å². The number of methoxy groups -OCH3 is 1. The molecule has 3 aromatic rings. The number of amides is 2. The lowest BCUT2D eigenvalue weighted by Crippen LogP contribution is -2.42. The summed E-state index contributed by atoms with van der Waals surface area (Å²) in [5.74, 6) is -1.42. The van der Waals surface area contributed by atoms with Crippen LogP contribution in [0.25, 0.3) is 11.3 Å². The number of nitrogens with one attached hydrogen (secondary N) is 2. The number of nitrogens with zero attached hydrogens (tertiary/aromatic N) is 5. The summed E-state index contributed by atoms with van der Waals surface area (Å²) in [5, 5.41) is 15.5. The van der Waals surface area contributed by atoms with E-state index in [1.54, 1.807) is 24.1 Å². The average Bonchev–Trinajstić information content (AvgIpc) is 3.60. The zero-order valence-electron chi connectivity index (χ0n) is 23.2. The van der Waals surface area contributed by atoms with Crippen molar-refractivity contribution in [2.24, 2.45) is 7.05 Å². The molecular formula is C29H35F2N7O2. The van der Waals surface area contributed by atoms with Gasteiger partial charge in [-0.3, -0.25) is 14.9 Å². The van der Waals surface area contributed by atoms with E-state index in [1.807, 2.05) is 37.7 Å². The minimum Gasteiger partial charge on any atom is -0.383 e. The predicted molar refractivity (Wildman–Crippen MR) is 149 cm³/mol. The molecule has 40 heavy (non-hydrogen) atoms. The number of aryl methyl sites for hydroxylation is 1. The van der Waals surface area contributed by atoms with Crippen LogP contribution in [0.5, 0.6) is 0 Å². The van der Waals surface area contributed by atoms with E-state index < -0.39 is 11.6 Å². The molecule has 0 radical (unpaired) electrons. The third-order valence-electron chi connectivity index (χ3n) is 7.84. The molecular weight excluding hydrogens is 516 g/mol. The summed E-state index contributed by atoms with van der Waals surface area (Å²) in [4.78, 5) is 15.7. The Kier molecular flexibility index (Phi) is 8.13. The SMILES string of the molecule is COCCN1C[C@@H](NC(=O)Nc2c(C)c(-c3cnn(C)c3C)nn2C2C=CC=CC2)[C@H](c2ccc(F)c(F)c2)C1. The molecule has 11 heteroatoms. The molecule has 2 N–H and O–H groups in total. The van der Waals surface area contributed by atoms with Crippen molar-refractivity contribution in [1.29, 1.82) is 0 Å². The van der Waals surface area contributed by atoms with Gasteiger partial charge in [0.2, 0.25) is 0 Å². The van der Waals surface area contributed by atoms with E-state index in [9.17, 15) is 13.6 Å². The molecule has 9 nitrogen and oxygen atoms in total. The molecule has 1 aliphatic heterocycles. The number of carbonyl (C=O) groups is 1. The summed E-state index contributed by atoms with van der Waals surface area (Å²) < 4.78 is 36.6. The fraction of sp³-hybridized carbons (Fsp3) is 0.414. The van der Waals surface area contributed by atoms with Crippen molar-refractivity contribution in [3.8, 4) is 11.3 Å². The highest BCUT2D eigenvalue weighted by molar-refractivity contribution is 5.91. The Hall–Kier alpha value is -3.83. The molecule has 1 saturated heterocycles. The van der Waals surface area contributed by atoms with Gasteiger partial charge in [0.25, 0.3) is 0 Å². The lowest BCUT2D eigenvalue weighted by molar-refractivity contribution is 0.159. The van der Waals surface area contributed by atoms with Crippen LogP contribution < -0.4 is 10.6 Å². The maximum atomic E-state index is 14.1. The molecule has 1 fully saturated rings. The molecule has 0 spiro atoms. The first kappa shape index (κ1) is 27.7. The summed E-state index contributed by atoms with van der Waals surface area (Å²) in [7, 11) is 3.52. The van der Waals surface area contributed by atoms with Gasteiger partial charge in [0.1, 0.15) is 11.5 Å². The number of allylic oxidation sites excluding steroid dienone is 4. The van der Waals surface area contributed by atoms with Gasteiger partial charge >= 0.3 is 6.03 Å². The Bertz CT molecular complexity index is 1440. The van der Waals surface area contributed by atoms with Crippen molar-refractivity contribution in [2.45, 2.75) is 38.3 Å². The number of benzene rings is 1. The van der Waals surface area contributed by atoms with Crippen LogP contribution in [0.15, 0.2) is 48.7 Å². The molecule has 0 bridgehead atoms. The fourth-order valence-electron chi connectivity index (χ4n) is 5.47. The maximum Gasteiger partial charge on any atom is 0.320 e. The van der Waals surface area contributed by atoms with Gasteiger partial charge in [0.15, 0.2) is 11.6 Å². The number of hydrogen-bond acceptors (Lipinski definition) is 5. The van der Waals surface area contributed by atoms with E-state index >= 15 is 0 Å². The number of hydrogen-bond donors (Lipinski definition) is 2. The molecule has 3 heterocycles. The lowest BCUT2D eigenvalue weighted by atomic mass is 9.94. The zero-order valence-corrected chi connectivity index (χ0v) is 23.2. The molecule has 1 aliphatic carbocycles. The zero-order chi connectivity index (χ0) is 28.4. The van der Waals surface area contributed by atoms with E-state index in [2.05, 4.69) is 32.8 Å². The molecule has 212 valence electrons. The van der Waals surface area contributed by atoms with Gasteiger partial charge < -0.3 is 10.1 Å². The number of ether oxygens (including phenoxy) is 1. The largest absolute Gasteiger partial charge is 0.383 e. The van der Waals surface area contributed by atoms with E-state index in [0.29, 0.717) is 37.6 Å². The highest BCUT2D eigenvalue weighted by atomic mass is 19.2. The van der Waals surface area contributed by atoms with Crippen LogP contribution in [-0.2, 0) is 11.8 Å². The first-order valence-corrected chi connectivity index (χ1v) is 13.4. The summed E-state index contributed by atoms with van der Waals surface area (Å²) in [6, 6.07) is 3.17.